The molecule has 1 aliphatic rings. The van der Waals surface area contributed by atoms with Crippen LogP contribution in [0.3, 0.4) is 0 Å². The van der Waals surface area contributed by atoms with Gasteiger partial charge in [-0.25, -0.2) is 13.2 Å². The molecule has 0 atom stereocenters. The molecule has 1 aromatic carbocycles. The van der Waals surface area contributed by atoms with Crippen molar-refractivity contribution in [1.29, 1.82) is 0 Å². The van der Waals surface area contributed by atoms with Crippen molar-refractivity contribution >= 4 is 49.3 Å². The lowest BCUT2D eigenvalue weighted by Gasteiger charge is -2.34. The van der Waals surface area contributed by atoms with Crippen molar-refractivity contribution in [3.05, 3.63) is 23.0 Å². The zero-order valence-corrected chi connectivity index (χ0v) is 21.8. The second-order valence-corrected chi connectivity index (χ2v) is 10.9. The molecule has 0 saturated carbocycles. The standard InChI is InChI=1S/C23H28N4O7S2/c1-4-9-27-18-8-7-17(33-5-2)14-19(18)35-22(27)24-20(28)15-36(31,32)16-21(29)25-10-12-26(13-11-25)23(30)34-6-3/h1,7-8,14H,5-6,9-13,15-16H2,2-3H3. The van der Waals surface area contributed by atoms with Crippen LogP contribution in [0.5, 0.6) is 5.75 Å². The van der Waals surface area contributed by atoms with Crippen molar-refractivity contribution in [3.8, 4) is 18.1 Å². The number of amides is 3. The van der Waals surface area contributed by atoms with Crippen LogP contribution < -0.4 is 9.54 Å². The molecule has 2 heterocycles. The fraction of sp³-hybridized carbons (Fsp3) is 0.478. The first kappa shape index (κ1) is 27.2. The van der Waals surface area contributed by atoms with Gasteiger partial charge < -0.3 is 23.8 Å². The van der Waals surface area contributed by atoms with Gasteiger partial charge in [0, 0.05) is 26.2 Å². The van der Waals surface area contributed by atoms with Gasteiger partial charge in [0.25, 0.3) is 5.91 Å². The van der Waals surface area contributed by atoms with Crippen LogP contribution >= 0.6 is 11.3 Å². The average Bonchev–Trinajstić information content (AvgIpc) is 3.15. The molecule has 2 aromatic rings. The Morgan fingerprint density at radius 1 is 1.08 bits per heavy atom. The second-order valence-electron chi connectivity index (χ2n) is 7.84. The molecule has 3 rings (SSSR count). The Balaban J connectivity index is 1.68. The van der Waals surface area contributed by atoms with E-state index >= 15 is 0 Å². The first-order chi connectivity index (χ1) is 17.2. The number of rotatable bonds is 8. The topological polar surface area (TPSA) is 128 Å². The molecule has 0 unspecified atom stereocenters. The van der Waals surface area contributed by atoms with Crippen molar-refractivity contribution in [1.82, 2.24) is 14.4 Å². The summed E-state index contributed by atoms with van der Waals surface area (Å²) in [6.45, 7) is 5.29. The number of carbonyl (C=O) groups is 3. The van der Waals surface area contributed by atoms with Crippen molar-refractivity contribution < 1.29 is 32.3 Å². The fourth-order valence-corrected chi connectivity index (χ4v) is 5.83. The van der Waals surface area contributed by atoms with E-state index in [9.17, 15) is 22.8 Å². The maximum atomic E-state index is 12.6. The molecule has 1 fully saturated rings. The van der Waals surface area contributed by atoms with Gasteiger partial charge in [0.05, 0.1) is 30.0 Å². The van der Waals surface area contributed by atoms with E-state index in [0.717, 1.165) is 10.2 Å². The van der Waals surface area contributed by atoms with Gasteiger partial charge in [-0.2, -0.15) is 4.99 Å². The predicted octanol–water partition coefficient (Wildman–Crippen LogP) is 0.878. The summed E-state index contributed by atoms with van der Waals surface area (Å²) < 4.78 is 38.0. The monoisotopic (exact) mass is 536 g/mol. The van der Waals surface area contributed by atoms with Crippen LogP contribution in [0, 0.1) is 12.3 Å². The van der Waals surface area contributed by atoms with Crippen molar-refractivity contribution in [2.45, 2.75) is 20.4 Å². The van der Waals surface area contributed by atoms with E-state index in [1.165, 1.54) is 21.1 Å². The summed E-state index contributed by atoms with van der Waals surface area (Å²) in [5.74, 6) is -0.0778. The van der Waals surface area contributed by atoms with Gasteiger partial charge in [-0.15, -0.1) is 6.42 Å². The quantitative estimate of drug-likeness (QED) is 0.458. The summed E-state index contributed by atoms with van der Waals surface area (Å²) >= 11 is 1.19. The number of terminal acetylenes is 1. The fourth-order valence-electron chi connectivity index (χ4n) is 3.65. The summed E-state index contributed by atoms with van der Waals surface area (Å²) in [5, 5.41) is 0. The van der Waals surface area contributed by atoms with Gasteiger partial charge in [0.15, 0.2) is 14.6 Å². The average molecular weight is 537 g/mol. The highest BCUT2D eigenvalue weighted by molar-refractivity contribution is 7.92. The van der Waals surface area contributed by atoms with Gasteiger partial charge in [0.2, 0.25) is 5.91 Å². The molecular weight excluding hydrogens is 508 g/mol. The lowest BCUT2D eigenvalue weighted by Crippen LogP contribution is -2.52. The van der Waals surface area contributed by atoms with Crippen LogP contribution in [-0.2, 0) is 30.7 Å². The molecule has 11 nitrogen and oxygen atoms in total. The van der Waals surface area contributed by atoms with E-state index in [0.29, 0.717) is 12.4 Å². The Morgan fingerprint density at radius 3 is 2.42 bits per heavy atom. The van der Waals surface area contributed by atoms with E-state index in [-0.39, 0.29) is 44.1 Å². The Kier molecular flexibility index (Phi) is 9.11. The highest BCUT2D eigenvalue weighted by atomic mass is 32.2. The normalized spacial score (nSPS) is 14.5. The van der Waals surface area contributed by atoms with Gasteiger partial charge in [-0.05, 0) is 32.0 Å². The highest BCUT2D eigenvalue weighted by Crippen LogP contribution is 2.23. The largest absolute Gasteiger partial charge is 0.494 e. The molecule has 1 saturated heterocycles. The van der Waals surface area contributed by atoms with E-state index in [1.807, 2.05) is 6.92 Å². The smallest absolute Gasteiger partial charge is 0.409 e. The number of ether oxygens (including phenoxy) is 2. The SMILES string of the molecule is C#CCn1c(=NC(=O)CS(=O)(=O)CC(=O)N2CCN(C(=O)OCC)CC2)sc2cc(OCC)ccc21. The van der Waals surface area contributed by atoms with Crippen LogP contribution in [0.4, 0.5) is 4.79 Å². The summed E-state index contributed by atoms with van der Waals surface area (Å²) in [6.07, 6.45) is 5.00. The molecule has 36 heavy (non-hydrogen) atoms. The molecule has 0 radical (unpaired) electrons. The Morgan fingerprint density at radius 2 is 1.78 bits per heavy atom. The number of hydrogen-bond donors (Lipinski definition) is 0. The maximum absolute atomic E-state index is 12.6. The predicted molar refractivity (Wildman–Crippen MR) is 134 cm³/mol. The third-order valence-corrected chi connectivity index (χ3v) is 7.69. The van der Waals surface area contributed by atoms with Crippen LogP contribution in [0.2, 0.25) is 0 Å². The lowest BCUT2D eigenvalue weighted by molar-refractivity contribution is -0.130. The molecule has 0 N–H and O–H groups in total. The van der Waals surface area contributed by atoms with E-state index in [4.69, 9.17) is 15.9 Å². The number of fused-ring (bicyclic) bond motifs is 1. The Bertz CT molecular complexity index is 1350. The Labute approximate surface area is 213 Å². The third kappa shape index (κ3) is 6.86. The van der Waals surface area contributed by atoms with Crippen molar-refractivity contribution in [2.75, 3.05) is 50.9 Å². The van der Waals surface area contributed by atoms with E-state index < -0.39 is 39.3 Å². The number of hydrogen-bond acceptors (Lipinski definition) is 8. The van der Waals surface area contributed by atoms with Gasteiger partial charge >= 0.3 is 6.09 Å². The van der Waals surface area contributed by atoms with Crippen LogP contribution in [0.25, 0.3) is 10.2 Å². The maximum Gasteiger partial charge on any atom is 0.409 e. The molecule has 0 bridgehead atoms. The molecule has 1 aliphatic heterocycles. The highest BCUT2D eigenvalue weighted by Gasteiger charge is 2.28. The first-order valence-corrected chi connectivity index (χ1v) is 14.0. The second kappa shape index (κ2) is 12.0. The number of sulfone groups is 1. The van der Waals surface area contributed by atoms with E-state index in [1.54, 1.807) is 29.7 Å². The summed E-state index contributed by atoms with van der Waals surface area (Å²) in [5.41, 5.74) is 0.743. The summed E-state index contributed by atoms with van der Waals surface area (Å²) in [6, 6.07) is 5.38. The first-order valence-electron chi connectivity index (χ1n) is 11.3. The van der Waals surface area contributed by atoms with Crippen LogP contribution in [0.1, 0.15) is 13.8 Å². The molecular formula is C23H28N4O7S2. The van der Waals surface area contributed by atoms with Crippen LogP contribution in [-0.4, -0.2) is 91.6 Å². The summed E-state index contributed by atoms with van der Waals surface area (Å²) in [7, 11) is -4.06. The minimum atomic E-state index is -4.06. The molecule has 0 spiro atoms. The van der Waals surface area contributed by atoms with Gasteiger partial charge in [0.1, 0.15) is 17.3 Å². The van der Waals surface area contributed by atoms with Crippen molar-refractivity contribution in [3.63, 3.8) is 0 Å². The minimum absolute atomic E-state index is 0.142. The summed E-state index contributed by atoms with van der Waals surface area (Å²) in [4.78, 5) is 43.9. The van der Waals surface area contributed by atoms with Gasteiger partial charge in [-0.3, -0.25) is 9.59 Å². The molecule has 0 aliphatic carbocycles. The zero-order valence-electron chi connectivity index (χ0n) is 20.1. The van der Waals surface area contributed by atoms with Crippen molar-refractivity contribution in [2.24, 2.45) is 4.99 Å². The number of benzene rings is 1. The number of carbonyl (C=O) groups excluding carboxylic acids is 3. The number of piperazine rings is 1. The molecule has 13 heteroatoms. The molecule has 3 amide bonds. The van der Waals surface area contributed by atoms with Crippen LogP contribution in [0.15, 0.2) is 23.2 Å². The van der Waals surface area contributed by atoms with Gasteiger partial charge in [-0.1, -0.05) is 17.3 Å². The number of nitrogens with zero attached hydrogens (tertiary/aromatic N) is 4. The zero-order chi connectivity index (χ0) is 26.3. The molecule has 194 valence electrons. The molecule has 1 aromatic heterocycles. The van der Waals surface area contributed by atoms with E-state index in [2.05, 4.69) is 10.9 Å². The Hall–Kier alpha value is -3.37. The number of aromatic nitrogens is 1. The number of thiazole rings is 1. The minimum Gasteiger partial charge on any atom is -0.494 e. The third-order valence-electron chi connectivity index (χ3n) is 5.28. The lowest BCUT2D eigenvalue weighted by atomic mass is 10.3.